The summed E-state index contributed by atoms with van der Waals surface area (Å²) in [5, 5.41) is 0. The molecule has 2 aliphatic heterocycles. The van der Waals surface area contributed by atoms with E-state index >= 15 is 0 Å². The van der Waals surface area contributed by atoms with Crippen LogP contribution < -0.4 is 4.74 Å². The molecule has 3 aromatic carbocycles. The van der Waals surface area contributed by atoms with Crippen LogP contribution in [0.2, 0.25) is 0 Å². The van der Waals surface area contributed by atoms with Crippen molar-refractivity contribution in [3.63, 3.8) is 0 Å². The number of carbonyl (C=O) groups is 2. The lowest BCUT2D eigenvalue weighted by atomic mass is 10.0. The van der Waals surface area contributed by atoms with Crippen LogP contribution in [-0.2, 0) is 17.8 Å². The average molecular weight is 522 g/mol. The summed E-state index contributed by atoms with van der Waals surface area (Å²) in [4.78, 5) is 32.4. The number of hydrogen-bond acceptors (Lipinski definition) is 4. The predicted molar refractivity (Wildman–Crippen MR) is 152 cm³/mol. The summed E-state index contributed by atoms with van der Waals surface area (Å²) in [6.45, 7) is 4.17. The number of likely N-dealkylation sites (tertiary alicyclic amines) is 1. The largest absolute Gasteiger partial charge is 0.489 e. The van der Waals surface area contributed by atoms with Gasteiger partial charge in [0.05, 0.1) is 0 Å². The van der Waals surface area contributed by atoms with Crippen LogP contribution in [0.1, 0.15) is 36.0 Å². The molecular weight excluding hydrogens is 486 g/mol. The van der Waals surface area contributed by atoms with Crippen LogP contribution in [-0.4, -0.2) is 65.4 Å². The lowest BCUT2D eigenvalue weighted by molar-refractivity contribution is -0.128. The van der Waals surface area contributed by atoms with Gasteiger partial charge in [0.1, 0.15) is 18.4 Å². The van der Waals surface area contributed by atoms with E-state index in [0.29, 0.717) is 32.5 Å². The fraction of sp³-hybridized carbons (Fsp3) is 0.333. The highest BCUT2D eigenvalue weighted by atomic mass is 16.5. The van der Waals surface area contributed by atoms with E-state index in [4.69, 9.17) is 4.74 Å². The fourth-order valence-corrected chi connectivity index (χ4v) is 5.15. The third kappa shape index (κ3) is 7.07. The van der Waals surface area contributed by atoms with Crippen molar-refractivity contribution >= 4 is 11.9 Å². The van der Waals surface area contributed by atoms with Crippen LogP contribution >= 0.6 is 0 Å². The number of nitrogens with zero attached hydrogens (tertiary/aromatic N) is 3. The monoisotopic (exact) mass is 521 g/mol. The Balaban J connectivity index is 1.24. The second-order valence-corrected chi connectivity index (χ2v) is 10.1. The molecule has 0 spiro atoms. The molecule has 0 aliphatic carbocycles. The number of carbonyl (C=O) groups excluding carboxylic acids is 2. The Kier molecular flexibility index (Phi) is 8.93. The summed E-state index contributed by atoms with van der Waals surface area (Å²) in [6, 6.07) is 27.0. The number of amides is 3. The number of urea groups is 1. The van der Waals surface area contributed by atoms with Crippen molar-refractivity contribution in [1.82, 2.24) is 14.7 Å². The first-order chi connectivity index (χ1) is 19.2. The Morgan fingerprint density at radius 2 is 1.46 bits per heavy atom. The Labute approximate surface area is 231 Å². The first-order valence-corrected chi connectivity index (χ1v) is 13.8. The van der Waals surface area contributed by atoms with E-state index in [-0.39, 0.29) is 11.9 Å². The molecule has 6 heteroatoms. The van der Waals surface area contributed by atoms with Gasteiger partial charge >= 0.3 is 6.03 Å². The van der Waals surface area contributed by atoms with Gasteiger partial charge in [-0.2, -0.15) is 0 Å². The quantitative estimate of drug-likeness (QED) is 0.279. The van der Waals surface area contributed by atoms with Crippen LogP contribution in [0, 0.1) is 11.8 Å². The first kappa shape index (κ1) is 26.5. The molecule has 1 atom stereocenters. The molecule has 3 aromatic rings. The smallest absolute Gasteiger partial charge is 0.327 e. The normalized spacial score (nSPS) is 17.4. The minimum Gasteiger partial charge on any atom is -0.489 e. The topological polar surface area (TPSA) is 53.1 Å². The van der Waals surface area contributed by atoms with Crippen LogP contribution in [0.15, 0.2) is 84.9 Å². The van der Waals surface area contributed by atoms with E-state index in [1.807, 2.05) is 84.9 Å². The van der Waals surface area contributed by atoms with Gasteiger partial charge < -0.3 is 14.5 Å². The van der Waals surface area contributed by atoms with Crippen molar-refractivity contribution in [1.29, 1.82) is 0 Å². The Morgan fingerprint density at radius 3 is 2.18 bits per heavy atom. The van der Waals surface area contributed by atoms with Crippen molar-refractivity contribution in [2.75, 3.05) is 32.7 Å². The van der Waals surface area contributed by atoms with Crippen LogP contribution in [0.4, 0.5) is 4.79 Å². The summed E-state index contributed by atoms with van der Waals surface area (Å²) in [6.07, 6.45) is 3.34. The molecule has 0 N–H and O–H groups in total. The summed E-state index contributed by atoms with van der Waals surface area (Å²) < 4.78 is 5.92. The second-order valence-electron chi connectivity index (χ2n) is 10.1. The van der Waals surface area contributed by atoms with E-state index < -0.39 is 6.04 Å². The molecule has 39 heavy (non-hydrogen) atoms. The van der Waals surface area contributed by atoms with Crippen molar-refractivity contribution in [3.05, 3.63) is 102 Å². The first-order valence-electron chi connectivity index (χ1n) is 13.8. The highest BCUT2D eigenvalue weighted by Gasteiger charge is 2.44. The highest BCUT2D eigenvalue weighted by Crippen LogP contribution is 2.23. The molecule has 0 saturated carbocycles. The maximum absolute atomic E-state index is 13.5. The second kappa shape index (κ2) is 13.1. The third-order valence-electron chi connectivity index (χ3n) is 7.33. The molecule has 6 nitrogen and oxygen atoms in total. The number of benzene rings is 3. The van der Waals surface area contributed by atoms with E-state index in [1.165, 1.54) is 17.7 Å². The number of ether oxygens (including phenoxy) is 1. The molecule has 5 rings (SSSR count). The third-order valence-corrected chi connectivity index (χ3v) is 7.33. The van der Waals surface area contributed by atoms with Gasteiger partial charge in [-0.1, -0.05) is 72.5 Å². The molecule has 0 unspecified atom stereocenters. The van der Waals surface area contributed by atoms with Gasteiger partial charge in [0.2, 0.25) is 0 Å². The van der Waals surface area contributed by atoms with E-state index in [9.17, 15) is 9.59 Å². The van der Waals surface area contributed by atoms with Crippen LogP contribution in [0.3, 0.4) is 0 Å². The molecule has 2 heterocycles. The fourth-order valence-electron chi connectivity index (χ4n) is 5.15. The zero-order valence-corrected chi connectivity index (χ0v) is 22.3. The average Bonchev–Trinajstić information content (AvgIpc) is 3.57. The molecule has 2 saturated heterocycles. The van der Waals surface area contributed by atoms with Crippen molar-refractivity contribution in [2.24, 2.45) is 0 Å². The van der Waals surface area contributed by atoms with Gasteiger partial charge in [-0.15, -0.1) is 0 Å². The molecular formula is C33H35N3O3. The Morgan fingerprint density at radius 1 is 0.769 bits per heavy atom. The maximum Gasteiger partial charge on any atom is 0.327 e. The SMILES string of the molecule is O=C1[C@H](Cc2ccc(OCc3ccccc3)cc2)N(CCC#Cc2ccccc2)C(=O)N1CCN1CCCC1. The zero-order valence-electron chi connectivity index (χ0n) is 22.3. The molecule has 2 aliphatic rings. The standard InChI is InChI=1S/C33H35N3O3/c37-32-31(25-28-16-18-30(19-17-28)39-26-29-14-5-2-6-15-29)35(22-8-7-13-27-11-3-1-4-12-27)33(38)36(32)24-23-34-20-9-10-21-34/h1-6,11-12,14-19,31H,8-10,20-26H2/t31-/m0/s1. The highest BCUT2D eigenvalue weighted by molar-refractivity contribution is 6.04. The van der Waals surface area contributed by atoms with Gasteiger partial charge in [-0.3, -0.25) is 9.69 Å². The van der Waals surface area contributed by atoms with Crippen LogP contribution in [0.5, 0.6) is 5.75 Å². The lowest BCUT2D eigenvalue weighted by Gasteiger charge is -2.21. The molecule has 200 valence electrons. The van der Waals surface area contributed by atoms with Crippen LogP contribution in [0.25, 0.3) is 0 Å². The van der Waals surface area contributed by atoms with Gasteiger partial charge in [0.15, 0.2) is 0 Å². The minimum atomic E-state index is -0.523. The van der Waals surface area contributed by atoms with Crippen molar-refractivity contribution < 1.29 is 14.3 Å². The minimum absolute atomic E-state index is 0.111. The van der Waals surface area contributed by atoms with Crippen molar-refractivity contribution in [3.8, 4) is 17.6 Å². The van der Waals surface area contributed by atoms with Gasteiger partial charge in [0, 0.05) is 38.0 Å². The maximum atomic E-state index is 13.5. The van der Waals surface area contributed by atoms with E-state index in [0.717, 1.165) is 42.1 Å². The van der Waals surface area contributed by atoms with Gasteiger partial charge in [-0.05, 0) is 61.3 Å². The summed E-state index contributed by atoms with van der Waals surface area (Å²) >= 11 is 0. The molecule has 2 fully saturated rings. The Bertz CT molecular complexity index is 1290. The summed E-state index contributed by atoms with van der Waals surface area (Å²) in [5.41, 5.74) is 3.05. The van der Waals surface area contributed by atoms with E-state index in [2.05, 4.69) is 16.7 Å². The Hall–Kier alpha value is -4.08. The molecule has 0 radical (unpaired) electrons. The number of imide groups is 1. The van der Waals surface area contributed by atoms with Crippen molar-refractivity contribution in [2.45, 2.75) is 38.3 Å². The van der Waals surface area contributed by atoms with Gasteiger partial charge in [-0.25, -0.2) is 4.79 Å². The predicted octanol–water partition coefficient (Wildman–Crippen LogP) is 4.98. The zero-order chi connectivity index (χ0) is 26.9. The molecule has 0 bridgehead atoms. The summed E-state index contributed by atoms with van der Waals surface area (Å²) in [7, 11) is 0. The molecule has 3 amide bonds. The number of hydrogen-bond donors (Lipinski definition) is 0. The number of rotatable bonds is 10. The summed E-state index contributed by atoms with van der Waals surface area (Å²) in [5.74, 6) is 7.00. The van der Waals surface area contributed by atoms with Gasteiger partial charge in [0.25, 0.3) is 5.91 Å². The lowest BCUT2D eigenvalue weighted by Crippen LogP contribution is -2.39. The van der Waals surface area contributed by atoms with E-state index in [1.54, 1.807) is 4.90 Å². The molecule has 0 aromatic heterocycles.